The van der Waals surface area contributed by atoms with Crippen molar-refractivity contribution in [2.75, 3.05) is 95.7 Å². The fourth-order valence-corrected chi connectivity index (χ4v) is 15.6. The number of fused-ring (bicyclic) bond motifs is 7. The van der Waals surface area contributed by atoms with E-state index < -0.39 is 28.5 Å². The zero-order valence-electron chi connectivity index (χ0n) is 50.6. The highest BCUT2D eigenvalue weighted by molar-refractivity contribution is 8.02. The molecule has 1 saturated heterocycles. The van der Waals surface area contributed by atoms with Crippen molar-refractivity contribution in [1.82, 2.24) is 9.80 Å². The van der Waals surface area contributed by atoms with Crippen LogP contribution < -0.4 is 24.6 Å². The van der Waals surface area contributed by atoms with E-state index in [1.54, 1.807) is 33.1 Å². The summed E-state index contributed by atoms with van der Waals surface area (Å²) in [6.45, 7) is 13.3. The fraction of sp³-hybridized carbons (Fsp3) is 0.552. The number of para-hydroxylation sites is 1. The molecule has 2 amide bonds. The molecule has 0 bridgehead atoms. The molecule has 85 heavy (non-hydrogen) atoms. The minimum absolute atomic E-state index is 0.00984. The predicted molar refractivity (Wildman–Crippen MR) is 331 cm³/mol. The van der Waals surface area contributed by atoms with Gasteiger partial charge in [-0.05, 0) is 131 Å². The third-order valence-corrected chi connectivity index (χ3v) is 19.6. The third-order valence-electron chi connectivity index (χ3n) is 18.2. The summed E-state index contributed by atoms with van der Waals surface area (Å²) in [5.74, 6) is 1.97. The largest absolute Gasteiger partial charge is 0.493 e. The molecule has 2 N–H and O–H groups in total. The maximum atomic E-state index is 14.6. The molecule has 11 rings (SSSR count). The fourth-order valence-electron chi connectivity index (χ4n) is 14.0. The monoisotopic (exact) mass is 1180 g/mol. The summed E-state index contributed by atoms with van der Waals surface area (Å²) in [5.41, 5.74) is 8.08. The van der Waals surface area contributed by atoms with Crippen LogP contribution in [0.4, 0.5) is 17.1 Å². The van der Waals surface area contributed by atoms with Gasteiger partial charge in [0.05, 0.1) is 76.0 Å². The van der Waals surface area contributed by atoms with Gasteiger partial charge in [-0.25, -0.2) is 0 Å². The molecule has 456 valence electrons. The number of hydrogen-bond acceptors (Lipinski definition) is 16. The van der Waals surface area contributed by atoms with Crippen LogP contribution in [0.1, 0.15) is 114 Å². The summed E-state index contributed by atoms with van der Waals surface area (Å²) in [7, 11) is 4.87. The number of hydrogen-bond donors (Lipinski definition) is 2. The lowest BCUT2D eigenvalue weighted by atomic mass is 9.92. The van der Waals surface area contributed by atoms with Crippen molar-refractivity contribution in [3.63, 3.8) is 0 Å². The molecule has 17 nitrogen and oxygen atoms in total. The number of nitrogens with zero attached hydrogens (tertiary/aromatic N) is 5. The molecule has 5 heterocycles. The number of carbonyl (C=O) groups excluding carboxylic acids is 3. The minimum Gasteiger partial charge on any atom is -0.493 e. The number of likely N-dealkylation sites (tertiary alicyclic amines) is 1. The van der Waals surface area contributed by atoms with Crippen LogP contribution in [0.25, 0.3) is 0 Å². The number of amides is 2. The Morgan fingerprint density at radius 3 is 2.45 bits per heavy atom. The second-order valence-electron chi connectivity index (χ2n) is 24.8. The van der Waals surface area contributed by atoms with Crippen LogP contribution >= 0.6 is 11.8 Å². The first kappa shape index (κ1) is 60.4. The van der Waals surface area contributed by atoms with E-state index >= 15 is 0 Å². The average molecular weight is 1180 g/mol. The average Bonchev–Trinajstić information content (AvgIpc) is 3.21. The van der Waals surface area contributed by atoms with Crippen molar-refractivity contribution in [2.45, 2.75) is 145 Å². The maximum absolute atomic E-state index is 14.6. The van der Waals surface area contributed by atoms with Gasteiger partial charge in [-0.15, -0.1) is 11.8 Å². The molecule has 3 aromatic carbocycles. The second kappa shape index (κ2) is 26.3. The van der Waals surface area contributed by atoms with Crippen molar-refractivity contribution in [3.8, 4) is 11.5 Å². The summed E-state index contributed by atoms with van der Waals surface area (Å²) in [4.78, 5) is 55.4. The zero-order chi connectivity index (χ0) is 59.4. The van der Waals surface area contributed by atoms with E-state index in [2.05, 4.69) is 85.3 Å². The molecule has 6 unspecified atom stereocenters. The van der Waals surface area contributed by atoms with Crippen LogP contribution in [0.5, 0.6) is 11.5 Å². The number of benzene rings is 3. The molecule has 5 aliphatic heterocycles. The number of nitrogens with one attached hydrogen (secondary N) is 1. The molecule has 0 spiro atoms. The van der Waals surface area contributed by atoms with Gasteiger partial charge in [0, 0.05) is 103 Å². The van der Waals surface area contributed by atoms with Gasteiger partial charge in [-0.3, -0.25) is 19.4 Å². The van der Waals surface area contributed by atoms with Gasteiger partial charge in [0.25, 0.3) is 0 Å². The number of Topliss-reactive ketones (excluding diaryl/α,β-unsaturated/α-hetero) is 1. The summed E-state index contributed by atoms with van der Waals surface area (Å²) < 4.78 is 42.3. The van der Waals surface area contributed by atoms with Crippen molar-refractivity contribution >= 4 is 52.6 Å². The van der Waals surface area contributed by atoms with Crippen molar-refractivity contribution in [2.24, 2.45) is 16.8 Å². The highest BCUT2D eigenvalue weighted by atomic mass is 32.2. The van der Waals surface area contributed by atoms with E-state index in [1.165, 1.54) is 11.1 Å². The molecule has 8 aliphatic rings. The van der Waals surface area contributed by atoms with Crippen LogP contribution in [-0.4, -0.2) is 153 Å². The van der Waals surface area contributed by atoms with Crippen molar-refractivity contribution in [1.29, 1.82) is 0 Å². The standard InChI is InChI=1S/C67H86N6O11S/c1-43-28-62(65(77)71(43)21-20-57(74)46-14-8-9-15-46)85-66(2,3)42-70(22-23-81-26-27-82-25-24-78-5)49-30-44(39-83-60-35-53-51(33-58(60)79-6)63(75)72-50(38-68-53)32-47-16-10-12-18-55(47)72)29-45(31-49)40-84-61-36-54-52(34-59(61)80-7)64(76)73-56-19-13-11-17-48(56)37-67(73,4)41-69-54/h10-12,16-18,29-31,33-36,41,43,46,50,52,54,62-63,68,75H,8-9,13-15,19-28,32,37-40,42H2,1-7H3/t43?,50-,52?,54?,62?,63?,67?/m0/s1. The molecule has 2 fully saturated rings. The lowest BCUT2D eigenvalue weighted by Gasteiger charge is -2.35. The number of rotatable bonds is 26. The summed E-state index contributed by atoms with van der Waals surface area (Å²) in [6.07, 6.45) is 17.7. The van der Waals surface area contributed by atoms with Gasteiger partial charge in [-0.2, -0.15) is 0 Å². The molecule has 0 aromatic heterocycles. The Hall–Kier alpha value is -6.31. The molecular formula is C67H86N6O11S. The van der Waals surface area contributed by atoms with Gasteiger partial charge in [0.2, 0.25) is 11.8 Å². The molecular weight excluding hydrogens is 1100 g/mol. The highest BCUT2D eigenvalue weighted by Crippen LogP contribution is 2.47. The number of aliphatic imine (C=N–C) groups is 1. The molecule has 3 aliphatic carbocycles. The van der Waals surface area contributed by atoms with E-state index in [1.807, 2.05) is 52.4 Å². The van der Waals surface area contributed by atoms with Crippen LogP contribution in [-0.2, 0) is 57.7 Å². The number of carbonyl (C=O) groups is 3. The summed E-state index contributed by atoms with van der Waals surface area (Å²) in [5, 5.41) is 15.4. The minimum atomic E-state index is -0.901. The van der Waals surface area contributed by atoms with Crippen LogP contribution in [0.3, 0.4) is 0 Å². The number of aliphatic hydroxyl groups is 1. The van der Waals surface area contributed by atoms with Gasteiger partial charge in [0.1, 0.15) is 19.0 Å². The van der Waals surface area contributed by atoms with Crippen LogP contribution in [0.15, 0.2) is 107 Å². The first-order valence-electron chi connectivity index (χ1n) is 30.7. The van der Waals surface area contributed by atoms with Gasteiger partial charge in [-0.1, -0.05) is 43.2 Å². The molecule has 7 atom stereocenters. The van der Waals surface area contributed by atoms with Crippen molar-refractivity contribution < 1.29 is 52.6 Å². The number of aliphatic hydroxyl groups excluding tert-OH is 1. The first-order chi connectivity index (χ1) is 41.1. The van der Waals surface area contributed by atoms with Gasteiger partial charge >= 0.3 is 0 Å². The van der Waals surface area contributed by atoms with Crippen LogP contribution in [0.2, 0.25) is 0 Å². The summed E-state index contributed by atoms with van der Waals surface area (Å²) >= 11 is 1.70. The first-order valence-corrected chi connectivity index (χ1v) is 31.6. The van der Waals surface area contributed by atoms with E-state index in [0.717, 1.165) is 85.3 Å². The number of methoxy groups -OCH3 is 3. The number of ether oxygens (including phenoxy) is 7. The Bertz CT molecular complexity index is 3120. The van der Waals surface area contributed by atoms with E-state index in [0.29, 0.717) is 106 Å². The Balaban J connectivity index is 0.871. The number of thioether (sulfide) groups is 1. The van der Waals surface area contributed by atoms with E-state index in [4.69, 9.17) is 38.2 Å². The van der Waals surface area contributed by atoms with Gasteiger partial charge in [0.15, 0.2) is 29.2 Å². The Morgan fingerprint density at radius 2 is 1.67 bits per heavy atom. The highest BCUT2D eigenvalue weighted by Gasteiger charge is 2.50. The Morgan fingerprint density at radius 1 is 0.906 bits per heavy atom. The Kier molecular flexibility index (Phi) is 18.7. The number of ketones is 1. The predicted octanol–water partition coefficient (Wildman–Crippen LogP) is 9.87. The Labute approximate surface area is 505 Å². The quantitative estimate of drug-likeness (QED) is 0.0727. The van der Waals surface area contributed by atoms with Crippen LogP contribution in [0, 0.1) is 11.8 Å². The second-order valence-corrected chi connectivity index (χ2v) is 26.7. The number of allylic oxidation sites excluding steroid dienone is 3. The SMILES string of the molecule is COCCOCCOCCN(CC(C)(C)SC1CC(C)N(CCC(=O)C2CCCC2)C1=O)c1cc(COC2=CC3N=CC4(C)CC5=C(CCC=C5)N4C(=O)C3C=C2OC)cc(COc2cc3c(cc2OC)C(O)N2c4ccccc4C[C@H]2CN3)c1. The normalized spacial score (nSPS) is 25.1. The van der Waals surface area contributed by atoms with Gasteiger partial charge < -0.3 is 63.2 Å². The molecule has 0 radical (unpaired) electrons. The number of anilines is 3. The van der Waals surface area contributed by atoms with E-state index in [-0.39, 0.29) is 48.3 Å². The van der Waals surface area contributed by atoms with E-state index in [9.17, 15) is 19.5 Å². The lowest BCUT2D eigenvalue weighted by molar-refractivity contribution is -0.134. The molecule has 18 heteroatoms. The third kappa shape index (κ3) is 13.2. The topological polar surface area (TPSA) is 173 Å². The smallest absolute Gasteiger partial charge is 0.237 e. The molecule has 3 aromatic rings. The van der Waals surface area contributed by atoms with Crippen molar-refractivity contribution in [3.05, 3.63) is 124 Å². The molecule has 1 saturated carbocycles. The summed E-state index contributed by atoms with van der Waals surface area (Å²) in [6, 6.07) is 18.0. The lowest BCUT2D eigenvalue weighted by Crippen LogP contribution is -2.48. The maximum Gasteiger partial charge on any atom is 0.237 e. The zero-order valence-corrected chi connectivity index (χ0v) is 51.5.